The summed E-state index contributed by atoms with van der Waals surface area (Å²) in [6, 6.07) is 63.7. The summed E-state index contributed by atoms with van der Waals surface area (Å²) in [5.74, 6) is 0. The average Bonchev–Trinajstić information content (AvgIpc) is 1.88. The van der Waals surface area contributed by atoms with E-state index in [4.69, 9.17) is 30.8 Å². The van der Waals surface area contributed by atoms with Gasteiger partial charge in [0.2, 0.25) is 0 Å². The first-order chi connectivity index (χ1) is 39.0. The van der Waals surface area contributed by atoms with Crippen molar-refractivity contribution in [3.05, 3.63) is 281 Å². The number of fused-ring (bicyclic) bond motifs is 2. The molecular weight excluding hydrogens is 1160 g/mol. The zero-order valence-corrected chi connectivity index (χ0v) is 56.0. The van der Waals surface area contributed by atoms with Crippen LogP contribution in [0.25, 0.3) is 44.1 Å². The molecule has 10 aromatic carbocycles. The van der Waals surface area contributed by atoms with Crippen LogP contribution in [0.1, 0.15) is 107 Å². The molecule has 2 N–H and O–H groups in total. The number of halogens is 2. The third-order valence-corrected chi connectivity index (χ3v) is 23.1. The fourth-order valence-electron chi connectivity index (χ4n) is 11.8. The van der Waals surface area contributed by atoms with Crippen LogP contribution in [0.5, 0.6) is 0 Å². The van der Waals surface area contributed by atoms with Crippen LogP contribution < -0.4 is 21.2 Å². The van der Waals surface area contributed by atoms with E-state index in [0.717, 1.165) is 23.5 Å². The maximum atomic E-state index is 8.81. The van der Waals surface area contributed by atoms with E-state index in [1.807, 2.05) is 62.4 Å². The molecule has 10 aromatic rings. The van der Waals surface area contributed by atoms with Crippen molar-refractivity contribution in [2.75, 3.05) is 0 Å². The van der Waals surface area contributed by atoms with Crippen LogP contribution in [0.3, 0.4) is 0 Å². The van der Waals surface area contributed by atoms with Crippen LogP contribution in [-0.2, 0) is 33.0 Å². The van der Waals surface area contributed by atoms with E-state index in [1.54, 1.807) is 6.92 Å². The van der Waals surface area contributed by atoms with Gasteiger partial charge in [-0.15, -0.1) is 6.04 Å². The van der Waals surface area contributed by atoms with Crippen molar-refractivity contribution in [2.45, 2.75) is 128 Å². The topological polar surface area (TPSA) is 47.6 Å². The molecule has 0 spiro atoms. The van der Waals surface area contributed by atoms with Crippen LogP contribution in [-0.4, -0.2) is 6.04 Å². The van der Waals surface area contributed by atoms with Gasteiger partial charge in [0.15, 0.2) is 0 Å². The van der Waals surface area contributed by atoms with Gasteiger partial charge in [0.05, 0.1) is 25.5 Å². The molecule has 0 saturated carbocycles. The number of aryl methyl sites for hydroxylation is 10. The zero-order valence-electron chi connectivity index (χ0n) is 50.8. The van der Waals surface area contributed by atoms with Gasteiger partial charge in [-0.2, -0.15) is 0 Å². The summed E-state index contributed by atoms with van der Waals surface area (Å²) in [5, 5.41) is 11.2. The third kappa shape index (κ3) is 13.8. The molecule has 0 radical (unpaired) electrons. The summed E-state index contributed by atoms with van der Waals surface area (Å²) in [7, 11) is 7.08. The van der Waals surface area contributed by atoms with Crippen molar-refractivity contribution in [3.8, 4) is 11.1 Å². The second-order valence-corrected chi connectivity index (χ2v) is 30.9. The monoisotopic (exact) mass is 1240 g/mol. The van der Waals surface area contributed by atoms with Gasteiger partial charge in [-0.3, -0.25) is 0 Å². The van der Waals surface area contributed by atoms with Gasteiger partial charge < -0.3 is 11.5 Å². The van der Waals surface area contributed by atoms with Gasteiger partial charge in [0.1, 0.15) is 15.9 Å². The molecule has 0 fully saturated rings. The van der Waals surface area contributed by atoms with Crippen molar-refractivity contribution in [3.63, 3.8) is 0 Å². The second-order valence-electron chi connectivity index (χ2n) is 23.3. The Balaban J connectivity index is 0.000000335. The van der Waals surface area contributed by atoms with Gasteiger partial charge in [-0.25, -0.2) is 0 Å². The Morgan fingerprint density at radius 1 is 0.427 bits per heavy atom. The van der Waals surface area contributed by atoms with Gasteiger partial charge >= 0.3 is 34.5 Å². The SMILES string of the molecule is Cc1cc(C[PH+](Cc2cc(C)c(C)c(C)c2)c2cc(-c3c([PH+](c4cc(C)c(C)c(C)c4)c4cc(C)c(C)c(C)c4)ccc4ccccc34)c3ccccc3c2)cc(C)c1C.Cc1ccc(C([NH-])(c2ccc(C)cc2)[C@@H](C)[NH-])cc1.[Cl][Ru+2][Cl]. The van der Waals surface area contributed by atoms with E-state index in [9.17, 15) is 0 Å². The van der Waals surface area contributed by atoms with Crippen LogP contribution in [0.15, 0.2) is 170 Å². The first-order valence-corrected chi connectivity index (χ1v) is 36.5. The number of rotatable bonds is 12. The first kappa shape index (κ1) is 62.7. The third-order valence-electron chi connectivity index (χ3n) is 17.6. The molecule has 0 aliphatic rings. The van der Waals surface area contributed by atoms with Gasteiger partial charge in [-0.1, -0.05) is 162 Å². The molecule has 0 amide bonds. The summed E-state index contributed by atoms with van der Waals surface area (Å²) in [6.45, 7) is 33.3. The minimum atomic E-state index is -1.48. The fourth-order valence-corrected chi connectivity index (χ4v) is 17.6. The predicted molar refractivity (Wildman–Crippen MR) is 365 cm³/mol. The summed E-state index contributed by atoms with van der Waals surface area (Å²) >= 11 is -0.346. The van der Waals surface area contributed by atoms with E-state index in [2.05, 4.69) is 204 Å². The predicted octanol–water partition coefficient (Wildman–Crippen LogP) is 20.5. The molecule has 422 valence electrons. The number of hydrogen-bond acceptors (Lipinski definition) is 0. The molecule has 7 heteroatoms. The number of nitrogens with one attached hydrogen (secondary N) is 2. The quantitative estimate of drug-likeness (QED) is 0.0865. The Kier molecular flexibility index (Phi) is 20.8. The molecule has 0 saturated heterocycles. The molecule has 0 aromatic heterocycles. The number of hydrogen-bond donors (Lipinski definition) is 0. The average molecular weight is 1250 g/mol. The first-order valence-electron chi connectivity index (χ1n) is 28.6. The van der Waals surface area contributed by atoms with Crippen molar-refractivity contribution in [1.29, 1.82) is 0 Å². The summed E-state index contributed by atoms with van der Waals surface area (Å²) in [6.07, 6.45) is 2.16. The fraction of sp³-hybridized carbons (Fsp3) is 0.253. The molecule has 0 aliphatic heterocycles. The Hall–Kier alpha value is -5.30. The van der Waals surface area contributed by atoms with Crippen LogP contribution in [0.4, 0.5) is 0 Å². The van der Waals surface area contributed by atoms with Crippen LogP contribution in [0, 0.1) is 96.9 Å². The van der Waals surface area contributed by atoms with Gasteiger partial charge in [0, 0.05) is 13.5 Å². The van der Waals surface area contributed by atoms with E-state index < -0.39 is 27.4 Å². The number of benzene rings is 10. The van der Waals surface area contributed by atoms with Crippen molar-refractivity contribution >= 4 is 78.0 Å². The normalized spacial score (nSPS) is 11.9. The molecule has 0 unspecified atom stereocenters. The van der Waals surface area contributed by atoms with Gasteiger partial charge in [0.25, 0.3) is 0 Å². The van der Waals surface area contributed by atoms with Crippen LogP contribution in [0.2, 0.25) is 0 Å². The molecule has 82 heavy (non-hydrogen) atoms. The Labute approximate surface area is 509 Å². The second kappa shape index (κ2) is 27.2. The molecule has 1 atom stereocenters. The maximum absolute atomic E-state index is 8.81. The summed E-state index contributed by atoms with van der Waals surface area (Å²) in [4.78, 5) is 0. The molecule has 0 aliphatic carbocycles. The van der Waals surface area contributed by atoms with E-state index in [0.29, 0.717) is 0 Å². The minimum absolute atomic E-state index is 0.346. The van der Waals surface area contributed by atoms with Crippen LogP contribution >= 0.6 is 35.2 Å². The summed E-state index contributed by atoms with van der Waals surface area (Å²) < 4.78 is 0. The molecule has 2 nitrogen and oxygen atoms in total. The molecule has 0 bridgehead atoms. The van der Waals surface area contributed by atoms with Crippen molar-refractivity contribution in [1.82, 2.24) is 0 Å². The standard InChI is InChI=1S/C58H60P2.C17H20N2.2ClH.Ru/c1-35-23-47(24-36(2)43(35)9)33-59(34-48-25-37(3)44(10)38(4)26-48)51-31-50-18-14-15-19-54(50)56(32-51)58-55-20-16-13-17-49(55)21-22-57(58)60(52-27-39(5)45(11)40(6)28-52)53-29-41(7)46(12)42(8)30-53;1-12-4-8-15(9-5-12)17(19,14(3)18)16-10-6-13(2)7-11-16;;;/h13-32H,33-34H2,1-12H3;4-11,14,18-19H,1-3H3;2*1H;/q;-2;;;+4/t;14-;;;/m.1.../s1. The van der Waals surface area contributed by atoms with E-state index >= 15 is 0 Å². The molecular formula is C75H82Cl2N2P2Ru+2. The molecule has 10 rings (SSSR count). The Morgan fingerprint density at radius 2 is 0.793 bits per heavy atom. The summed E-state index contributed by atoms with van der Waals surface area (Å²) in [5.41, 5.74) is 42.4. The van der Waals surface area contributed by atoms with E-state index in [1.165, 1.54) is 143 Å². The van der Waals surface area contributed by atoms with Gasteiger partial charge in [-0.05, 0) is 244 Å². The Bertz CT molecular complexity index is 3670. The zero-order chi connectivity index (χ0) is 59.3. The van der Waals surface area contributed by atoms with Crippen molar-refractivity contribution in [2.24, 2.45) is 0 Å². The van der Waals surface area contributed by atoms with Crippen molar-refractivity contribution < 1.29 is 15.1 Å². The van der Waals surface area contributed by atoms with E-state index in [-0.39, 0.29) is 15.1 Å². The Morgan fingerprint density at radius 3 is 1.20 bits per heavy atom. The molecule has 0 heterocycles.